The fourth-order valence-corrected chi connectivity index (χ4v) is 4.31. The van der Waals surface area contributed by atoms with Crippen LogP contribution < -0.4 is 10.2 Å². The summed E-state index contributed by atoms with van der Waals surface area (Å²) in [5.41, 5.74) is 1.98. The van der Waals surface area contributed by atoms with Crippen LogP contribution in [-0.2, 0) is 11.3 Å². The van der Waals surface area contributed by atoms with Crippen LogP contribution in [0.15, 0.2) is 60.1 Å². The number of aromatic nitrogens is 1. The van der Waals surface area contributed by atoms with E-state index in [4.69, 9.17) is 4.74 Å². The van der Waals surface area contributed by atoms with E-state index in [0.29, 0.717) is 55.3 Å². The molecule has 2 amide bonds. The zero-order valence-corrected chi connectivity index (χ0v) is 19.7. The molecule has 1 fully saturated rings. The lowest BCUT2D eigenvalue weighted by atomic mass is 10.1. The maximum Gasteiger partial charge on any atom is 0.339 e. The molecule has 1 aliphatic heterocycles. The Bertz CT molecular complexity index is 1120. The fraction of sp³-hybridized carbons (Fsp3) is 0.280. The summed E-state index contributed by atoms with van der Waals surface area (Å²) in [5.74, 6) is 0.277. The summed E-state index contributed by atoms with van der Waals surface area (Å²) in [7, 11) is 0. The van der Waals surface area contributed by atoms with Gasteiger partial charge in [0, 0.05) is 44.5 Å². The minimum Gasteiger partial charge on any atom is -0.462 e. The number of thiophene rings is 1. The molecule has 4 rings (SSSR count). The van der Waals surface area contributed by atoms with Gasteiger partial charge in [-0.05, 0) is 48.2 Å². The molecule has 0 aliphatic carbocycles. The normalized spacial score (nSPS) is 13.4. The summed E-state index contributed by atoms with van der Waals surface area (Å²) in [6, 6.07) is 14.5. The minimum absolute atomic E-state index is 0.0144. The number of benzene rings is 1. The fourth-order valence-electron chi connectivity index (χ4n) is 3.67. The largest absolute Gasteiger partial charge is 0.462 e. The molecule has 34 heavy (non-hydrogen) atoms. The first-order valence-electron chi connectivity index (χ1n) is 11.1. The third-order valence-electron chi connectivity index (χ3n) is 5.55. The van der Waals surface area contributed by atoms with E-state index >= 15 is 0 Å². The second-order valence-electron chi connectivity index (χ2n) is 7.76. The van der Waals surface area contributed by atoms with Crippen LogP contribution in [0, 0.1) is 0 Å². The summed E-state index contributed by atoms with van der Waals surface area (Å²) in [6.07, 6.45) is 1.52. The van der Waals surface area contributed by atoms with Crippen molar-refractivity contribution in [3.05, 3.63) is 81.7 Å². The topological polar surface area (TPSA) is 91.8 Å². The number of carbonyl (C=O) groups is 3. The van der Waals surface area contributed by atoms with Crippen LogP contribution >= 0.6 is 11.3 Å². The Morgan fingerprint density at radius 2 is 1.74 bits per heavy atom. The van der Waals surface area contributed by atoms with Gasteiger partial charge in [-0.15, -0.1) is 11.3 Å². The molecule has 1 aliphatic rings. The smallest absolute Gasteiger partial charge is 0.339 e. The molecule has 1 N–H and O–H groups in total. The van der Waals surface area contributed by atoms with Crippen molar-refractivity contribution in [1.29, 1.82) is 0 Å². The van der Waals surface area contributed by atoms with E-state index in [9.17, 15) is 14.4 Å². The molecule has 8 nitrogen and oxygen atoms in total. The van der Waals surface area contributed by atoms with Crippen LogP contribution in [0.4, 0.5) is 5.82 Å². The van der Waals surface area contributed by atoms with Crippen LogP contribution in [-0.4, -0.2) is 60.5 Å². The minimum atomic E-state index is -0.382. The highest BCUT2D eigenvalue weighted by Gasteiger charge is 2.23. The predicted octanol–water partition coefficient (Wildman–Crippen LogP) is 3.21. The number of nitrogens with zero attached hydrogens (tertiary/aromatic N) is 3. The molecule has 0 bridgehead atoms. The lowest BCUT2D eigenvalue weighted by Gasteiger charge is -2.35. The average Bonchev–Trinajstić information content (AvgIpc) is 3.43. The molecular weight excluding hydrogens is 452 g/mol. The van der Waals surface area contributed by atoms with Gasteiger partial charge in [-0.1, -0.05) is 18.2 Å². The molecule has 176 valence electrons. The highest BCUT2D eigenvalue weighted by molar-refractivity contribution is 7.12. The maximum atomic E-state index is 12.9. The van der Waals surface area contributed by atoms with Crippen molar-refractivity contribution in [2.24, 2.45) is 0 Å². The number of rotatable bonds is 7. The van der Waals surface area contributed by atoms with Crippen LogP contribution in [0.25, 0.3) is 0 Å². The first-order valence-corrected chi connectivity index (χ1v) is 12.0. The van der Waals surface area contributed by atoms with Crippen LogP contribution in [0.2, 0.25) is 0 Å². The van der Waals surface area contributed by atoms with E-state index in [0.717, 1.165) is 11.4 Å². The monoisotopic (exact) mass is 478 g/mol. The number of nitrogens with one attached hydrogen (secondary N) is 1. The Hall–Kier alpha value is -3.72. The van der Waals surface area contributed by atoms with Gasteiger partial charge in [0.15, 0.2) is 0 Å². The lowest BCUT2D eigenvalue weighted by molar-refractivity contribution is 0.0525. The van der Waals surface area contributed by atoms with Gasteiger partial charge in [0.05, 0.1) is 17.0 Å². The SMILES string of the molecule is CCOC(=O)c1ccc(N2CCN(C(=O)c3ccc(CNC(=O)c4cccs4)cc3)CC2)nc1. The van der Waals surface area contributed by atoms with Crippen molar-refractivity contribution in [2.75, 3.05) is 37.7 Å². The zero-order chi connectivity index (χ0) is 23.9. The van der Waals surface area contributed by atoms with Crippen molar-refractivity contribution in [3.8, 4) is 0 Å². The van der Waals surface area contributed by atoms with Gasteiger partial charge in [-0.25, -0.2) is 9.78 Å². The van der Waals surface area contributed by atoms with E-state index in [1.54, 1.807) is 37.3 Å². The van der Waals surface area contributed by atoms with Gasteiger partial charge in [0.25, 0.3) is 11.8 Å². The highest BCUT2D eigenvalue weighted by atomic mass is 32.1. The molecule has 1 aromatic carbocycles. The quantitative estimate of drug-likeness (QED) is 0.525. The Kier molecular flexibility index (Phi) is 7.54. The number of esters is 1. The van der Waals surface area contributed by atoms with E-state index in [1.165, 1.54) is 17.5 Å². The number of ether oxygens (including phenoxy) is 1. The molecule has 0 spiro atoms. The van der Waals surface area contributed by atoms with E-state index in [1.807, 2.05) is 28.5 Å². The van der Waals surface area contributed by atoms with Gasteiger partial charge < -0.3 is 19.9 Å². The maximum absolute atomic E-state index is 12.9. The van der Waals surface area contributed by atoms with Crippen molar-refractivity contribution < 1.29 is 19.1 Å². The Balaban J connectivity index is 1.27. The molecule has 0 unspecified atom stereocenters. The zero-order valence-electron chi connectivity index (χ0n) is 18.9. The number of anilines is 1. The molecule has 0 radical (unpaired) electrons. The number of pyridine rings is 1. The molecule has 3 heterocycles. The third-order valence-corrected chi connectivity index (χ3v) is 6.42. The molecular formula is C25H26N4O4S. The van der Waals surface area contributed by atoms with Crippen molar-refractivity contribution in [1.82, 2.24) is 15.2 Å². The summed E-state index contributed by atoms with van der Waals surface area (Å²) < 4.78 is 4.99. The summed E-state index contributed by atoms with van der Waals surface area (Å²) in [5, 5.41) is 4.76. The van der Waals surface area contributed by atoms with E-state index < -0.39 is 0 Å². The van der Waals surface area contributed by atoms with Gasteiger partial charge >= 0.3 is 5.97 Å². The summed E-state index contributed by atoms with van der Waals surface area (Å²) >= 11 is 1.40. The number of amides is 2. The van der Waals surface area contributed by atoms with Crippen molar-refractivity contribution in [2.45, 2.75) is 13.5 Å². The Morgan fingerprint density at radius 3 is 2.35 bits per heavy atom. The van der Waals surface area contributed by atoms with Gasteiger partial charge in [-0.2, -0.15) is 0 Å². The third kappa shape index (κ3) is 5.60. The molecule has 0 saturated carbocycles. The van der Waals surface area contributed by atoms with E-state index in [-0.39, 0.29) is 17.8 Å². The number of hydrogen-bond donors (Lipinski definition) is 1. The summed E-state index contributed by atoms with van der Waals surface area (Å²) in [6.45, 7) is 4.98. The van der Waals surface area contributed by atoms with Gasteiger partial charge in [-0.3, -0.25) is 9.59 Å². The first kappa shape index (κ1) is 23.4. The van der Waals surface area contributed by atoms with Crippen LogP contribution in [0.1, 0.15) is 42.9 Å². The molecule has 2 aromatic heterocycles. The van der Waals surface area contributed by atoms with Gasteiger partial charge in [0.2, 0.25) is 0 Å². The van der Waals surface area contributed by atoms with E-state index in [2.05, 4.69) is 15.2 Å². The first-order chi connectivity index (χ1) is 16.5. The standard InChI is InChI=1S/C25H26N4O4S/c1-2-33-25(32)20-9-10-22(26-17-20)28-11-13-29(14-12-28)24(31)19-7-5-18(6-8-19)16-27-23(30)21-4-3-15-34-21/h3-10,15,17H,2,11-14,16H2,1H3,(H,27,30). The highest BCUT2D eigenvalue weighted by Crippen LogP contribution is 2.17. The second kappa shape index (κ2) is 10.9. The van der Waals surface area contributed by atoms with Crippen LogP contribution in [0.3, 0.4) is 0 Å². The number of piperazine rings is 1. The lowest BCUT2D eigenvalue weighted by Crippen LogP contribution is -2.49. The second-order valence-corrected chi connectivity index (χ2v) is 8.71. The Labute approximate surface area is 202 Å². The molecule has 3 aromatic rings. The average molecular weight is 479 g/mol. The van der Waals surface area contributed by atoms with Gasteiger partial charge in [0.1, 0.15) is 5.82 Å². The molecule has 1 saturated heterocycles. The van der Waals surface area contributed by atoms with Crippen molar-refractivity contribution in [3.63, 3.8) is 0 Å². The predicted molar refractivity (Wildman–Crippen MR) is 130 cm³/mol. The number of carbonyl (C=O) groups excluding carboxylic acids is 3. The Morgan fingerprint density at radius 1 is 1.00 bits per heavy atom. The molecule has 0 atom stereocenters. The summed E-state index contributed by atoms with van der Waals surface area (Å²) in [4.78, 5) is 45.8. The number of hydrogen-bond acceptors (Lipinski definition) is 7. The van der Waals surface area contributed by atoms with Crippen LogP contribution in [0.5, 0.6) is 0 Å². The molecule has 9 heteroatoms. The van der Waals surface area contributed by atoms with Crippen molar-refractivity contribution >= 4 is 34.9 Å².